The Morgan fingerprint density at radius 2 is 2.25 bits per heavy atom. The number of fused-ring (bicyclic) bond motifs is 1. The van der Waals surface area contributed by atoms with Crippen LogP contribution in [0.4, 0.5) is 4.39 Å². The fraction of sp³-hybridized carbons (Fsp3) is 0.417. The van der Waals surface area contributed by atoms with Crippen molar-refractivity contribution in [2.24, 2.45) is 5.73 Å². The maximum Gasteiger partial charge on any atom is 0.151 e. The van der Waals surface area contributed by atoms with Crippen LogP contribution in [0.2, 0.25) is 0 Å². The van der Waals surface area contributed by atoms with Crippen LogP contribution >= 0.6 is 0 Å². The number of hydrogen-bond acceptors (Lipinski definition) is 2. The van der Waals surface area contributed by atoms with Crippen LogP contribution in [0.25, 0.3) is 11.0 Å². The molecule has 0 amide bonds. The molecule has 1 aromatic heterocycles. The largest absolute Gasteiger partial charge is 0.323 e. The van der Waals surface area contributed by atoms with Gasteiger partial charge in [-0.3, -0.25) is 0 Å². The van der Waals surface area contributed by atoms with Gasteiger partial charge in [0, 0.05) is 6.04 Å². The van der Waals surface area contributed by atoms with Crippen molar-refractivity contribution in [1.29, 1.82) is 0 Å². The molecule has 2 aromatic rings. The van der Waals surface area contributed by atoms with Crippen LogP contribution < -0.4 is 5.73 Å². The van der Waals surface area contributed by atoms with Gasteiger partial charge in [0.05, 0.1) is 11.6 Å². The fourth-order valence-corrected chi connectivity index (χ4v) is 2.14. The molecule has 0 bridgehead atoms. The van der Waals surface area contributed by atoms with Gasteiger partial charge in [0.25, 0.3) is 0 Å². The first-order valence-electron chi connectivity index (χ1n) is 5.60. The average Bonchev–Trinajstić information content (AvgIpc) is 2.99. The second kappa shape index (κ2) is 3.28. The van der Waals surface area contributed by atoms with Gasteiger partial charge >= 0.3 is 0 Å². The fourth-order valence-electron chi connectivity index (χ4n) is 2.14. The molecule has 1 fully saturated rings. The maximum atomic E-state index is 13.6. The number of benzene rings is 1. The zero-order valence-electron chi connectivity index (χ0n) is 9.15. The molecule has 0 saturated heterocycles. The van der Waals surface area contributed by atoms with Crippen LogP contribution in [0.3, 0.4) is 0 Å². The lowest BCUT2D eigenvalue weighted by Gasteiger charge is -2.09. The van der Waals surface area contributed by atoms with E-state index in [2.05, 4.69) is 9.55 Å². The third kappa shape index (κ3) is 1.33. The highest BCUT2D eigenvalue weighted by Crippen LogP contribution is 2.39. The Bertz CT molecular complexity index is 540. The summed E-state index contributed by atoms with van der Waals surface area (Å²) in [6.07, 6.45) is 2.28. The minimum absolute atomic E-state index is 0.160. The van der Waals surface area contributed by atoms with E-state index in [-0.39, 0.29) is 11.9 Å². The Morgan fingerprint density at radius 3 is 2.88 bits per heavy atom. The van der Waals surface area contributed by atoms with Gasteiger partial charge in [-0.2, -0.15) is 0 Å². The van der Waals surface area contributed by atoms with Crippen molar-refractivity contribution < 1.29 is 4.39 Å². The first-order chi connectivity index (χ1) is 7.68. The van der Waals surface area contributed by atoms with Crippen LogP contribution in [0.1, 0.15) is 37.7 Å². The third-order valence-corrected chi connectivity index (χ3v) is 3.02. The Hall–Kier alpha value is -1.42. The number of para-hydroxylation sites is 1. The molecule has 0 aliphatic heterocycles. The van der Waals surface area contributed by atoms with Gasteiger partial charge < -0.3 is 10.3 Å². The van der Waals surface area contributed by atoms with E-state index in [1.807, 2.05) is 13.0 Å². The molecule has 1 aliphatic rings. The Balaban J connectivity index is 2.32. The molecule has 0 unspecified atom stereocenters. The van der Waals surface area contributed by atoms with Gasteiger partial charge in [0.15, 0.2) is 5.82 Å². The Kier molecular flexibility index (Phi) is 2.01. The van der Waals surface area contributed by atoms with Crippen molar-refractivity contribution in [1.82, 2.24) is 9.55 Å². The van der Waals surface area contributed by atoms with Crippen molar-refractivity contribution in [3.63, 3.8) is 0 Å². The van der Waals surface area contributed by atoms with E-state index in [1.165, 1.54) is 6.07 Å². The van der Waals surface area contributed by atoms with Crippen LogP contribution in [-0.4, -0.2) is 9.55 Å². The summed E-state index contributed by atoms with van der Waals surface area (Å²) in [5, 5.41) is 0. The lowest BCUT2D eigenvalue weighted by molar-refractivity contribution is 0.633. The van der Waals surface area contributed by atoms with Gasteiger partial charge in [0.1, 0.15) is 11.3 Å². The van der Waals surface area contributed by atoms with E-state index in [9.17, 15) is 4.39 Å². The molecule has 16 heavy (non-hydrogen) atoms. The summed E-state index contributed by atoms with van der Waals surface area (Å²) in [6, 6.07) is 5.39. The van der Waals surface area contributed by atoms with Crippen LogP contribution in [-0.2, 0) is 0 Å². The molecule has 84 valence electrons. The number of aromatic nitrogens is 2. The second-order valence-corrected chi connectivity index (χ2v) is 4.47. The summed E-state index contributed by atoms with van der Waals surface area (Å²) in [6.45, 7) is 1.89. The predicted octanol–water partition coefficient (Wildman–Crippen LogP) is 2.53. The summed E-state index contributed by atoms with van der Waals surface area (Å²) in [4.78, 5) is 4.34. The molecule has 0 spiro atoms. The maximum absolute atomic E-state index is 13.6. The topological polar surface area (TPSA) is 43.8 Å². The first-order valence-corrected chi connectivity index (χ1v) is 5.60. The van der Waals surface area contributed by atoms with Gasteiger partial charge in [0.2, 0.25) is 0 Å². The Morgan fingerprint density at radius 1 is 1.50 bits per heavy atom. The average molecular weight is 219 g/mol. The van der Waals surface area contributed by atoms with E-state index in [0.717, 1.165) is 24.2 Å². The SMILES string of the molecule is C[C@H](N)c1nc2c(F)cccc2n1C1CC1. The van der Waals surface area contributed by atoms with Gasteiger partial charge in [-0.25, -0.2) is 9.37 Å². The molecule has 1 aliphatic carbocycles. The lowest BCUT2D eigenvalue weighted by atomic mass is 10.3. The Labute approximate surface area is 93.1 Å². The highest BCUT2D eigenvalue weighted by Gasteiger charge is 2.29. The summed E-state index contributed by atoms with van der Waals surface area (Å²) in [5.41, 5.74) is 7.20. The summed E-state index contributed by atoms with van der Waals surface area (Å²) in [7, 11) is 0. The van der Waals surface area contributed by atoms with Crippen molar-refractivity contribution >= 4 is 11.0 Å². The van der Waals surface area contributed by atoms with Crippen LogP contribution in [0.5, 0.6) is 0 Å². The van der Waals surface area contributed by atoms with Crippen molar-refractivity contribution in [3.05, 3.63) is 29.8 Å². The molecule has 3 nitrogen and oxygen atoms in total. The summed E-state index contributed by atoms with van der Waals surface area (Å²) in [5.74, 6) is 0.529. The standard InChI is InChI=1S/C12H14FN3/c1-7(14)12-15-11-9(13)3-2-4-10(11)16(12)8-5-6-8/h2-4,7-8H,5-6,14H2,1H3/t7-/m0/s1. The number of halogens is 1. The summed E-state index contributed by atoms with van der Waals surface area (Å²) < 4.78 is 15.7. The van der Waals surface area contributed by atoms with Gasteiger partial charge in [-0.1, -0.05) is 6.07 Å². The van der Waals surface area contributed by atoms with Crippen molar-refractivity contribution in [2.75, 3.05) is 0 Å². The van der Waals surface area contributed by atoms with Crippen LogP contribution in [0.15, 0.2) is 18.2 Å². The van der Waals surface area contributed by atoms with Gasteiger partial charge in [-0.15, -0.1) is 0 Å². The quantitative estimate of drug-likeness (QED) is 0.843. The monoisotopic (exact) mass is 219 g/mol. The number of nitrogens with zero attached hydrogens (tertiary/aromatic N) is 2. The molecule has 0 radical (unpaired) electrons. The molecule has 1 heterocycles. The normalized spacial score (nSPS) is 17.9. The highest BCUT2D eigenvalue weighted by molar-refractivity contribution is 5.77. The molecule has 4 heteroatoms. The van der Waals surface area contributed by atoms with E-state index in [1.54, 1.807) is 6.07 Å². The molecular formula is C12H14FN3. The zero-order chi connectivity index (χ0) is 11.3. The molecule has 1 saturated carbocycles. The summed E-state index contributed by atoms with van der Waals surface area (Å²) >= 11 is 0. The van der Waals surface area contributed by atoms with Crippen LogP contribution in [0, 0.1) is 5.82 Å². The second-order valence-electron chi connectivity index (χ2n) is 4.47. The zero-order valence-corrected chi connectivity index (χ0v) is 9.15. The molecule has 2 N–H and O–H groups in total. The smallest absolute Gasteiger partial charge is 0.151 e. The molecule has 1 atom stereocenters. The highest BCUT2D eigenvalue weighted by atomic mass is 19.1. The number of rotatable bonds is 2. The molecular weight excluding hydrogens is 205 g/mol. The van der Waals surface area contributed by atoms with Crippen molar-refractivity contribution in [3.8, 4) is 0 Å². The minimum atomic E-state index is -0.265. The van der Waals surface area contributed by atoms with E-state index >= 15 is 0 Å². The lowest BCUT2D eigenvalue weighted by Crippen LogP contribution is -2.12. The van der Waals surface area contributed by atoms with E-state index < -0.39 is 0 Å². The number of nitrogens with two attached hydrogens (primary N) is 1. The van der Waals surface area contributed by atoms with E-state index in [0.29, 0.717) is 11.6 Å². The molecule has 3 rings (SSSR count). The first kappa shape index (κ1) is 9.78. The van der Waals surface area contributed by atoms with Gasteiger partial charge in [-0.05, 0) is 31.9 Å². The number of imidazole rings is 1. The molecule has 1 aromatic carbocycles. The third-order valence-electron chi connectivity index (χ3n) is 3.02. The van der Waals surface area contributed by atoms with Crippen molar-refractivity contribution in [2.45, 2.75) is 31.8 Å². The number of hydrogen-bond donors (Lipinski definition) is 1. The predicted molar refractivity (Wildman–Crippen MR) is 60.6 cm³/mol. The van der Waals surface area contributed by atoms with E-state index in [4.69, 9.17) is 5.73 Å². The minimum Gasteiger partial charge on any atom is -0.323 e.